The van der Waals surface area contributed by atoms with Crippen molar-refractivity contribution in [2.45, 2.75) is 49.7 Å². The number of nitrogens with two attached hydrogens (primary N) is 1. The maximum atomic E-state index is 14.2. The molecule has 1 heterocycles. The number of amides is 2. The van der Waals surface area contributed by atoms with Crippen LogP contribution in [-0.2, 0) is 19.7 Å². The molecular weight excluding hydrogens is 569 g/mol. The number of hydroxylamine groups is 1. The van der Waals surface area contributed by atoms with Crippen LogP contribution in [0.25, 0.3) is 0 Å². The Balaban J connectivity index is 1.87. The average Bonchev–Trinajstić information content (AvgIpc) is 2.88. The van der Waals surface area contributed by atoms with E-state index in [2.05, 4.69) is 15.4 Å². The van der Waals surface area contributed by atoms with E-state index < -0.39 is 40.0 Å². The smallest absolute Gasteiger partial charge is 0.255 e. The predicted molar refractivity (Wildman–Crippen MR) is 146 cm³/mol. The number of nitrogens with zero attached hydrogens (tertiary/aromatic N) is 2. The number of oxime groups is 1. The normalized spacial score (nSPS) is 23.8. The second-order valence-corrected chi connectivity index (χ2v) is 12.2. The molecule has 0 saturated heterocycles. The number of hydrogen-bond acceptors (Lipinski definition) is 7. The lowest BCUT2D eigenvalue weighted by molar-refractivity contribution is -0.136. The summed E-state index contributed by atoms with van der Waals surface area (Å²) in [6.07, 6.45) is 3.65. The van der Waals surface area contributed by atoms with Gasteiger partial charge in [0.2, 0.25) is 10.0 Å². The molecule has 210 valence electrons. The lowest BCUT2D eigenvalue weighted by Crippen LogP contribution is -2.59. The third kappa shape index (κ3) is 6.47. The van der Waals surface area contributed by atoms with E-state index in [0.717, 1.165) is 19.1 Å². The summed E-state index contributed by atoms with van der Waals surface area (Å²) < 4.78 is 27.2. The number of carbonyl (C=O) groups is 2. The van der Waals surface area contributed by atoms with E-state index in [0.29, 0.717) is 34.6 Å². The van der Waals surface area contributed by atoms with Crippen LogP contribution in [0, 0.1) is 0 Å². The highest BCUT2D eigenvalue weighted by atomic mass is 35.5. The van der Waals surface area contributed by atoms with E-state index in [1.165, 1.54) is 6.07 Å². The van der Waals surface area contributed by atoms with E-state index in [4.69, 9.17) is 39.0 Å². The van der Waals surface area contributed by atoms with Crippen molar-refractivity contribution in [2.75, 3.05) is 12.9 Å². The van der Waals surface area contributed by atoms with Crippen LogP contribution < -0.4 is 15.9 Å². The van der Waals surface area contributed by atoms with Crippen LogP contribution in [0.1, 0.15) is 59.1 Å². The zero-order chi connectivity index (χ0) is 28.3. The van der Waals surface area contributed by atoms with Gasteiger partial charge < -0.3 is 15.8 Å². The van der Waals surface area contributed by atoms with Crippen molar-refractivity contribution in [3.8, 4) is 0 Å². The molecule has 4 atom stereocenters. The molecule has 0 spiro atoms. The van der Waals surface area contributed by atoms with Gasteiger partial charge in [-0.2, -0.15) is 0 Å². The number of benzene rings is 2. The quantitative estimate of drug-likeness (QED) is 0.157. The number of amidine groups is 1. The molecule has 2 aromatic carbocycles. The number of sulfonamides is 1. The number of hydrogen-bond donors (Lipinski definition) is 4. The molecule has 1 unspecified atom stereocenters. The van der Waals surface area contributed by atoms with Gasteiger partial charge in [0.1, 0.15) is 6.61 Å². The predicted octanol–water partition coefficient (Wildman–Crippen LogP) is 2.93. The largest absolute Gasteiger partial charge is 0.409 e. The minimum absolute atomic E-state index is 0.239. The van der Waals surface area contributed by atoms with Gasteiger partial charge >= 0.3 is 0 Å². The van der Waals surface area contributed by atoms with Gasteiger partial charge in [-0.05, 0) is 42.2 Å². The van der Waals surface area contributed by atoms with Crippen LogP contribution >= 0.6 is 23.2 Å². The van der Waals surface area contributed by atoms with Gasteiger partial charge in [-0.1, -0.05) is 65.5 Å². The fraction of sp³-hybridized carbons (Fsp3) is 0.400. The number of rotatable bonds is 8. The second-order valence-electron chi connectivity index (χ2n) is 9.58. The summed E-state index contributed by atoms with van der Waals surface area (Å²) in [7, 11) is -3.60. The average molecular weight is 599 g/mol. The number of fused-ring (bicyclic) bond motifs is 1. The van der Waals surface area contributed by atoms with Crippen molar-refractivity contribution in [3.05, 3.63) is 69.2 Å². The minimum atomic E-state index is -3.60. The fourth-order valence-electron chi connectivity index (χ4n) is 5.40. The second kappa shape index (κ2) is 12.1. The minimum Gasteiger partial charge on any atom is -0.409 e. The zero-order valence-electron chi connectivity index (χ0n) is 21.0. The first-order valence-electron chi connectivity index (χ1n) is 12.2. The molecule has 39 heavy (non-hydrogen) atoms. The van der Waals surface area contributed by atoms with Crippen molar-refractivity contribution < 1.29 is 28.1 Å². The topological polar surface area (TPSA) is 163 Å². The van der Waals surface area contributed by atoms with E-state index in [1.54, 1.807) is 41.3 Å². The Hall–Kier alpha value is -2.90. The molecule has 0 radical (unpaired) electrons. The summed E-state index contributed by atoms with van der Waals surface area (Å²) in [4.78, 5) is 34.7. The fourth-order valence-corrected chi connectivity index (χ4v) is 6.75. The molecule has 0 aromatic heterocycles. The highest BCUT2D eigenvalue weighted by Gasteiger charge is 2.49. The Kier molecular flexibility index (Phi) is 9.02. The molecule has 1 aliphatic heterocycles. The van der Waals surface area contributed by atoms with Crippen molar-refractivity contribution in [1.29, 1.82) is 0 Å². The highest BCUT2D eigenvalue weighted by molar-refractivity contribution is 7.88. The summed E-state index contributed by atoms with van der Waals surface area (Å²) in [5, 5.41) is 12.2. The van der Waals surface area contributed by atoms with E-state index in [-0.39, 0.29) is 23.4 Å². The third-order valence-corrected chi connectivity index (χ3v) is 8.21. The molecule has 4 rings (SSSR count). The highest BCUT2D eigenvalue weighted by Crippen LogP contribution is 2.47. The molecule has 2 amide bonds. The SMILES string of the molecule is CS(=O)(=O)N[C@H]1CCCCC1N1C(=O)c2ccccc2[C@@H](C(=O)NOCC(N)=NO)[C@@H]1c1ccc(Cl)cc1Cl. The lowest BCUT2D eigenvalue weighted by Gasteiger charge is -2.49. The molecule has 1 fully saturated rings. The van der Waals surface area contributed by atoms with Crippen molar-refractivity contribution in [2.24, 2.45) is 10.9 Å². The first kappa shape index (κ1) is 29.1. The van der Waals surface area contributed by atoms with Gasteiger partial charge in [-0.25, -0.2) is 18.6 Å². The monoisotopic (exact) mass is 597 g/mol. The van der Waals surface area contributed by atoms with E-state index in [1.807, 2.05) is 0 Å². The summed E-state index contributed by atoms with van der Waals surface area (Å²) in [5.41, 5.74) is 9.02. The molecule has 2 aromatic rings. The molecule has 11 nitrogen and oxygen atoms in total. The summed E-state index contributed by atoms with van der Waals surface area (Å²) >= 11 is 12.8. The van der Waals surface area contributed by atoms with Crippen molar-refractivity contribution in [3.63, 3.8) is 0 Å². The van der Waals surface area contributed by atoms with Crippen LogP contribution in [0.3, 0.4) is 0 Å². The summed E-state index contributed by atoms with van der Waals surface area (Å²) in [6, 6.07) is 9.44. The Morgan fingerprint density at radius 1 is 1.18 bits per heavy atom. The van der Waals surface area contributed by atoms with Gasteiger partial charge in [-0.15, -0.1) is 0 Å². The van der Waals surface area contributed by atoms with E-state index in [9.17, 15) is 18.0 Å². The van der Waals surface area contributed by atoms with Crippen molar-refractivity contribution >= 4 is 50.9 Å². The number of halogens is 2. The van der Waals surface area contributed by atoms with Crippen LogP contribution in [-0.4, -0.2) is 61.1 Å². The van der Waals surface area contributed by atoms with Gasteiger partial charge in [0.25, 0.3) is 11.8 Å². The van der Waals surface area contributed by atoms with Gasteiger partial charge in [0.15, 0.2) is 5.84 Å². The van der Waals surface area contributed by atoms with Gasteiger partial charge in [0, 0.05) is 27.7 Å². The molecule has 5 N–H and O–H groups in total. The zero-order valence-corrected chi connectivity index (χ0v) is 23.3. The first-order chi connectivity index (χ1) is 18.5. The van der Waals surface area contributed by atoms with Gasteiger partial charge in [0.05, 0.1) is 18.2 Å². The standard InChI is InChI=1S/C25H29Cl2N5O6S/c1-39(36,37)31-19-8-4-5-9-20(19)32-23(17-11-10-14(26)12-18(17)27)22(24(33)30-38-13-21(28)29-35)15-6-2-3-7-16(15)25(32)34/h2-3,6-7,10-12,19-20,22-23,31,35H,4-5,8-9,13H2,1H3,(H2,28,29)(H,30,33)/t19-,20?,22+,23-/m0/s1. The Morgan fingerprint density at radius 3 is 2.59 bits per heavy atom. The summed E-state index contributed by atoms with van der Waals surface area (Å²) in [6.45, 7) is -0.380. The van der Waals surface area contributed by atoms with Crippen LogP contribution in [0.15, 0.2) is 47.6 Å². The van der Waals surface area contributed by atoms with Crippen molar-refractivity contribution in [1.82, 2.24) is 15.1 Å². The first-order valence-corrected chi connectivity index (χ1v) is 14.9. The Bertz CT molecular complexity index is 1390. The molecule has 1 saturated carbocycles. The van der Waals surface area contributed by atoms with Crippen LogP contribution in [0.5, 0.6) is 0 Å². The molecule has 0 bridgehead atoms. The maximum Gasteiger partial charge on any atom is 0.255 e. The number of carbonyl (C=O) groups excluding carboxylic acids is 2. The van der Waals surface area contributed by atoms with E-state index >= 15 is 0 Å². The molecule has 2 aliphatic rings. The number of nitrogens with one attached hydrogen (secondary N) is 2. The van der Waals surface area contributed by atoms with Gasteiger partial charge in [-0.3, -0.25) is 14.4 Å². The third-order valence-electron chi connectivity index (χ3n) is 6.91. The van der Waals surface area contributed by atoms with Crippen LogP contribution in [0.4, 0.5) is 0 Å². The lowest BCUT2D eigenvalue weighted by atomic mass is 9.76. The maximum absolute atomic E-state index is 14.2. The van der Waals surface area contributed by atoms with Crippen LogP contribution in [0.2, 0.25) is 10.0 Å². The molecule has 14 heteroatoms. The summed E-state index contributed by atoms with van der Waals surface area (Å²) in [5.74, 6) is -2.23. The molecule has 1 aliphatic carbocycles. The Labute approximate surface area is 236 Å². The molecular formula is C25H29Cl2N5O6S. The Morgan fingerprint density at radius 2 is 1.90 bits per heavy atom.